The van der Waals surface area contributed by atoms with Gasteiger partial charge in [-0.15, -0.1) is 0 Å². The fraction of sp³-hybridized carbons (Fsp3) is 0.379. The van der Waals surface area contributed by atoms with Crippen LogP contribution in [0.15, 0.2) is 64.0 Å². The van der Waals surface area contributed by atoms with E-state index in [1.54, 1.807) is 16.8 Å². The summed E-state index contributed by atoms with van der Waals surface area (Å²) in [6.07, 6.45) is 5.79. The van der Waals surface area contributed by atoms with Crippen molar-refractivity contribution < 1.29 is 14.0 Å². The molecule has 9 heteroatoms. The van der Waals surface area contributed by atoms with Gasteiger partial charge in [0.1, 0.15) is 17.4 Å². The molecule has 0 aliphatic carbocycles. The van der Waals surface area contributed by atoms with Crippen molar-refractivity contribution in [1.82, 2.24) is 15.1 Å². The number of rotatable bonds is 8. The van der Waals surface area contributed by atoms with Crippen molar-refractivity contribution in [3.05, 3.63) is 65.9 Å². The zero-order valence-electron chi connectivity index (χ0n) is 21.9. The molecule has 0 spiro atoms. The van der Waals surface area contributed by atoms with Gasteiger partial charge in [0.15, 0.2) is 6.19 Å². The minimum Gasteiger partial charge on any atom is -0.461 e. The third-order valence-corrected chi connectivity index (χ3v) is 6.67. The number of benzene rings is 2. The number of fused-ring (bicyclic) bond motifs is 1. The maximum absolute atomic E-state index is 13.4. The largest absolute Gasteiger partial charge is 0.461 e. The Morgan fingerprint density at radius 3 is 2.82 bits per heavy atom. The number of carbonyl (C=O) groups excluding carboxylic acids is 2. The van der Waals surface area contributed by atoms with Gasteiger partial charge < -0.3 is 19.5 Å². The first kappa shape index (κ1) is 26.7. The molecular weight excluding hydrogens is 480 g/mol. The minimum atomic E-state index is -0.683. The zero-order chi connectivity index (χ0) is 26.9. The van der Waals surface area contributed by atoms with E-state index in [1.807, 2.05) is 55.6 Å². The molecule has 0 saturated carbocycles. The predicted molar refractivity (Wildman–Crippen MR) is 147 cm³/mol. The number of nitrogens with zero attached hydrogens (tertiary/aromatic N) is 4. The molecule has 0 unspecified atom stereocenters. The van der Waals surface area contributed by atoms with Crippen LogP contribution in [-0.4, -0.2) is 60.3 Å². The Labute approximate surface area is 223 Å². The number of nitrogens with one attached hydrogen (secondary N) is 2. The summed E-state index contributed by atoms with van der Waals surface area (Å²) in [7, 11) is 1.78. The summed E-state index contributed by atoms with van der Waals surface area (Å²) in [5, 5.41) is 15.9. The van der Waals surface area contributed by atoms with Crippen LogP contribution in [0.4, 0.5) is 5.69 Å². The van der Waals surface area contributed by atoms with Crippen molar-refractivity contribution in [3.63, 3.8) is 0 Å². The van der Waals surface area contributed by atoms with Crippen LogP contribution in [0.2, 0.25) is 0 Å². The molecule has 2 aromatic carbocycles. The normalized spacial score (nSPS) is 16.1. The van der Waals surface area contributed by atoms with Crippen LogP contribution in [0, 0.1) is 18.4 Å². The average Bonchev–Trinajstić information content (AvgIpc) is 3.20. The summed E-state index contributed by atoms with van der Waals surface area (Å²) >= 11 is 0. The van der Waals surface area contributed by atoms with Crippen molar-refractivity contribution in [2.45, 2.75) is 45.1 Å². The van der Waals surface area contributed by atoms with E-state index < -0.39 is 6.04 Å². The standard InChI is InChI=1S/C29H34N6O3/c1-21-17-23-18-24(13-14-26(23)38-21)32-29(31-20-30)33-25-12-6-7-16-35(28(25)37)19-27(36)34(2)15-8-11-22-9-4-3-5-10-22/h3-5,9-10,13-14,17-18,25H,6-8,11-12,15-16,19H2,1-2H3,(H2,31,32,33)/t25-/m0/s1. The lowest BCUT2D eigenvalue weighted by Gasteiger charge is -2.25. The molecule has 2 heterocycles. The van der Waals surface area contributed by atoms with Gasteiger partial charge in [-0.3, -0.25) is 14.9 Å². The second-order valence-corrected chi connectivity index (χ2v) is 9.62. The smallest absolute Gasteiger partial charge is 0.247 e. The molecule has 2 N–H and O–H groups in total. The highest BCUT2D eigenvalue weighted by atomic mass is 16.3. The molecule has 0 radical (unpaired) electrons. The minimum absolute atomic E-state index is 0.0254. The molecule has 1 aliphatic heterocycles. The Bertz CT molecular complexity index is 1330. The van der Waals surface area contributed by atoms with Crippen LogP contribution in [0.3, 0.4) is 0 Å². The topological polar surface area (TPSA) is 114 Å². The van der Waals surface area contributed by atoms with Gasteiger partial charge >= 0.3 is 0 Å². The van der Waals surface area contributed by atoms with Gasteiger partial charge in [0.25, 0.3) is 0 Å². The molecule has 2 amide bonds. The molecule has 1 saturated heterocycles. The second kappa shape index (κ2) is 12.8. The molecule has 1 atom stereocenters. The molecule has 9 nitrogen and oxygen atoms in total. The number of likely N-dealkylation sites (N-methyl/N-ethyl adjacent to an activating group) is 1. The molecule has 38 heavy (non-hydrogen) atoms. The van der Waals surface area contributed by atoms with Crippen LogP contribution in [0.5, 0.6) is 0 Å². The number of hydrogen-bond donors (Lipinski definition) is 2. The van der Waals surface area contributed by atoms with Gasteiger partial charge in [0, 0.05) is 31.2 Å². The molecule has 4 rings (SSSR count). The third kappa shape index (κ3) is 7.13. The number of amides is 2. The Hall–Kier alpha value is -4.32. The molecular formula is C29H34N6O3. The van der Waals surface area contributed by atoms with Crippen LogP contribution < -0.4 is 10.6 Å². The van der Waals surface area contributed by atoms with E-state index in [4.69, 9.17) is 4.42 Å². The van der Waals surface area contributed by atoms with Crippen molar-refractivity contribution >= 4 is 34.4 Å². The fourth-order valence-electron chi connectivity index (χ4n) is 4.63. The molecule has 3 aromatic rings. The van der Waals surface area contributed by atoms with Crippen molar-refractivity contribution in [2.75, 3.05) is 32.0 Å². The van der Waals surface area contributed by atoms with Gasteiger partial charge in [-0.2, -0.15) is 5.26 Å². The van der Waals surface area contributed by atoms with Gasteiger partial charge in [0.05, 0.1) is 6.54 Å². The van der Waals surface area contributed by atoms with E-state index in [0.717, 1.165) is 42.4 Å². The number of nitriles is 1. The van der Waals surface area contributed by atoms with Gasteiger partial charge in [-0.25, -0.2) is 4.99 Å². The third-order valence-electron chi connectivity index (χ3n) is 6.67. The van der Waals surface area contributed by atoms with Crippen LogP contribution in [0.25, 0.3) is 11.0 Å². The average molecular weight is 515 g/mol. The number of likely N-dealkylation sites (tertiary alicyclic amines) is 1. The number of aliphatic imine (C=N–C) groups is 1. The number of aryl methyl sites for hydroxylation is 2. The van der Waals surface area contributed by atoms with E-state index in [-0.39, 0.29) is 24.3 Å². The van der Waals surface area contributed by atoms with Gasteiger partial charge in [-0.05, 0) is 68.9 Å². The lowest BCUT2D eigenvalue weighted by molar-refractivity contribution is -0.140. The maximum Gasteiger partial charge on any atom is 0.247 e. The maximum atomic E-state index is 13.4. The second-order valence-electron chi connectivity index (χ2n) is 9.62. The zero-order valence-corrected chi connectivity index (χ0v) is 21.9. The molecule has 1 aromatic heterocycles. The van der Waals surface area contributed by atoms with Crippen LogP contribution in [0.1, 0.15) is 37.0 Å². The van der Waals surface area contributed by atoms with E-state index in [9.17, 15) is 14.9 Å². The number of guanidine groups is 1. The number of carbonyl (C=O) groups is 2. The van der Waals surface area contributed by atoms with Gasteiger partial charge in [0.2, 0.25) is 17.8 Å². The van der Waals surface area contributed by atoms with Crippen LogP contribution >= 0.6 is 0 Å². The first-order valence-electron chi connectivity index (χ1n) is 13.0. The fourth-order valence-corrected chi connectivity index (χ4v) is 4.63. The highest BCUT2D eigenvalue weighted by molar-refractivity contribution is 5.98. The Morgan fingerprint density at radius 1 is 1.21 bits per heavy atom. The highest BCUT2D eigenvalue weighted by Gasteiger charge is 2.29. The summed E-state index contributed by atoms with van der Waals surface area (Å²) in [5.74, 6) is 0.708. The summed E-state index contributed by atoms with van der Waals surface area (Å²) in [4.78, 5) is 34.1. The van der Waals surface area contributed by atoms with E-state index in [1.165, 1.54) is 5.56 Å². The van der Waals surface area contributed by atoms with Crippen LogP contribution in [-0.2, 0) is 16.0 Å². The number of hydrogen-bond acceptors (Lipinski definition) is 5. The summed E-state index contributed by atoms with van der Waals surface area (Å²) in [5.41, 5.74) is 2.72. The predicted octanol–water partition coefficient (Wildman–Crippen LogP) is 4.05. The molecule has 0 bridgehead atoms. The van der Waals surface area contributed by atoms with E-state index >= 15 is 0 Å². The first-order valence-corrected chi connectivity index (χ1v) is 13.0. The number of furan rings is 1. The Morgan fingerprint density at radius 2 is 2.03 bits per heavy atom. The first-order chi connectivity index (χ1) is 18.4. The highest BCUT2D eigenvalue weighted by Crippen LogP contribution is 2.23. The van der Waals surface area contributed by atoms with E-state index in [2.05, 4.69) is 27.8 Å². The van der Waals surface area contributed by atoms with Gasteiger partial charge in [-0.1, -0.05) is 30.3 Å². The summed E-state index contributed by atoms with van der Waals surface area (Å²) in [6, 6.07) is 17.0. The summed E-state index contributed by atoms with van der Waals surface area (Å²) < 4.78 is 5.62. The molecule has 198 valence electrons. The Kier molecular flexibility index (Phi) is 8.98. The van der Waals surface area contributed by atoms with Crippen molar-refractivity contribution in [3.8, 4) is 6.19 Å². The SMILES string of the molecule is Cc1cc2cc(NC(=N[C@H]3CCCCN(CC(=O)N(C)CCCc4ccccc4)C3=O)NC#N)ccc2o1. The molecule has 1 aliphatic rings. The molecule has 1 fully saturated rings. The van der Waals surface area contributed by atoms with E-state index in [0.29, 0.717) is 25.2 Å². The van der Waals surface area contributed by atoms with Crippen molar-refractivity contribution in [2.24, 2.45) is 4.99 Å². The lowest BCUT2D eigenvalue weighted by atomic mass is 10.1. The summed E-state index contributed by atoms with van der Waals surface area (Å²) in [6.45, 7) is 3.04. The number of anilines is 1. The quantitative estimate of drug-likeness (QED) is 0.203. The lowest BCUT2D eigenvalue weighted by Crippen LogP contribution is -2.45. The van der Waals surface area contributed by atoms with Crippen molar-refractivity contribution in [1.29, 1.82) is 5.26 Å². The Balaban J connectivity index is 1.38. The monoisotopic (exact) mass is 514 g/mol.